The number of imidazole rings is 1. The lowest BCUT2D eigenvalue weighted by molar-refractivity contribution is 0.284. The number of pyridine rings is 2. The molecule has 0 spiro atoms. The summed E-state index contributed by atoms with van der Waals surface area (Å²) in [6.07, 6.45) is 3.57. The molecule has 5 aromatic rings. The molecule has 9 heteroatoms. The predicted molar refractivity (Wildman–Crippen MR) is 154 cm³/mol. The highest BCUT2D eigenvalue weighted by molar-refractivity contribution is 7.69. The second kappa shape index (κ2) is 10.9. The van der Waals surface area contributed by atoms with Gasteiger partial charge >= 0.3 is 0 Å². The van der Waals surface area contributed by atoms with Gasteiger partial charge in [0.2, 0.25) is 0 Å². The van der Waals surface area contributed by atoms with Crippen molar-refractivity contribution in [2.24, 2.45) is 0 Å². The van der Waals surface area contributed by atoms with E-state index in [9.17, 15) is 4.57 Å². The zero-order valence-electron chi connectivity index (χ0n) is 22.7. The quantitative estimate of drug-likeness (QED) is 0.221. The first-order valence-corrected chi connectivity index (χ1v) is 15.1. The normalized spacial score (nSPS) is 11.5. The zero-order valence-corrected chi connectivity index (χ0v) is 23.6. The molecule has 0 radical (unpaired) electrons. The average Bonchev–Trinajstić information content (AvgIpc) is 3.25. The molecule has 0 aliphatic rings. The van der Waals surface area contributed by atoms with Crippen LogP contribution in [0.5, 0.6) is 17.2 Å². The minimum atomic E-state index is -2.40. The van der Waals surface area contributed by atoms with Crippen LogP contribution >= 0.6 is 7.14 Å². The molecule has 0 atom stereocenters. The molecule has 0 fully saturated rings. The van der Waals surface area contributed by atoms with Crippen molar-refractivity contribution in [1.82, 2.24) is 19.5 Å². The Balaban J connectivity index is 1.34. The second-order valence-electron chi connectivity index (χ2n) is 9.69. The van der Waals surface area contributed by atoms with Crippen molar-refractivity contribution < 1.29 is 18.8 Å². The maximum atomic E-state index is 12.3. The topological polar surface area (TPSA) is 88.4 Å². The summed E-state index contributed by atoms with van der Waals surface area (Å²) in [6.45, 7) is 6.42. The van der Waals surface area contributed by atoms with Gasteiger partial charge in [-0.25, -0.2) is 9.97 Å². The van der Waals surface area contributed by atoms with Crippen molar-refractivity contribution in [3.63, 3.8) is 0 Å². The molecule has 3 aromatic heterocycles. The third-order valence-corrected chi connectivity index (χ3v) is 7.90. The number of methoxy groups -OCH3 is 2. The van der Waals surface area contributed by atoms with Crippen molar-refractivity contribution in [2.75, 3.05) is 27.5 Å². The first-order valence-electron chi connectivity index (χ1n) is 12.5. The summed E-state index contributed by atoms with van der Waals surface area (Å²) in [5.41, 5.74) is 6.11. The molecule has 0 unspecified atom stereocenters. The van der Waals surface area contributed by atoms with Gasteiger partial charge in [-0.3, -0.25) is 4.98 Å². The minimum Gasteiger partial charge on any atom is -0.497 e. The smallest absolute Gasteiger partial charge is 0.161 e. The van der Waals surface area contributed by atoms with Gasteiger partial charge < -0.3 is 23.3 Å². The van der Waals surface area contributed by atoms with Crippen molar-refractivity contribution in [2.45, 2.75) is 20.1 Å². The van der Waals surface area contributed by atoms with Crippen LogP contribution in [0.4, 0.5) is 0 Å². The van der Waals surface area contributed by atoms with Gasteiger partial charge in [0.1, 0.15) is 30.8 Å². The second-order valence-corrected chi connectivity index (χ2v) is 12.8. The molecule has 0 aliphatic heterocycles. The Bertz CT molecular complexity index is 1660. The molecule has 0 aliphatic carbocycles. The minimum absolute atomic E-state index is 0.422. The van der Waals surface area contributed by atoms with Crippen LogP contribution in [0.15, 0.2) is 73.1 Å². The summed E-state index contributed by atoms with van der Waals surface area (Å²) in [7, 11) is 0.890. The molecular weight excluding hydrogens is 511 g/mol. The van der Waals surface area contributed by atoms with Crippen LogP contribution in [0.25, 0.3) is 22.3 Å². The highest BCUT2D eigenvalue weighted by Gasteiger charge is 2.15. The highest BCUT2D eigenvalue weighted by Crippen LogP contribution is 2.34. The number of aromatic nitrogens is 4. The highest BCUT2D eigenvalue weighted by atomic mass is 31.2. The number of fused-ring (bicyclic) bond motifs is 1. The Morgan fingerprint density at radius 2 is 1.56 bits per heavy atom. The Morgan fingerprint density at radius 1 is 0.821 bits per heavy atom. The molecule has 3 heterocycles. The molecule has 5 rings (SSSR count). The average molecular weight is 543 g/mol. The van der Waals surface area contributed by atoms with Crippen molar-refractivity contribution >= 4 is 23.7 Å². The first kappa shape index (κ1) is 26.4. The molecular formula is C30H31N4O4P. The van der Waals surface area contributed by atoms with Crippen LogP contribution < -0.4 is 19.6 Å². The van der Waals surface area contributed by atoms with E-state index in [1.54, 1.807) is 33.7 Å². The summed E-state index contributed by atoms with van der Waals surface area (Å²) in [5.74, 6) is 3.01. The van der Waals surface area contributed by atoms with E-state index >= 15 is 0 Å². The Kier molecular flexibility index (Phi) is 7.40. The standard InChI is InChI=1S/C30H31N4O4P/c1-20-33-26-15-24(23-9-13-29(31-16-23)39(4,5)35)17-32-30(26)34(20)18-22-8-12-27(28(14-22)37-3)38-19-21-6-10-25(36-2)11-7-21/h6-17H,18-19H2,1-5H3. The summed E-state index contributed by atoms with van der Waals surface area (Å²) in [6, 6.07) is 19.5. The molecule has 0 saturated heterocycles. The zero-order chi connectivity index (χ0) is 27.6. The lowest BCUT2D eigenvalue weighted by atomic mass is 10.1. The van der Waals surface area contributed by atoms with E-state index in [1.165, 1.54) is 0 Å². The number of rotatable bonds is 9. The molecule has 39 heavy (non-hydrogen) atoms. The predicted octanol–water partition coefficient (Wildman–Crippen LogP) is 5.69. The number of hydrogen-bond donors (Lipinski definition) is 0. The number of benzene rings is 2. The summed E-state index contributed by atoms with van der Waals surface area (Å²) < 4.78 is 31.3. The third kappa shape index (κ3) is 5.81. The van der Waals surface area contributed by atoms with Gasteiger partial charge in [0, 0.05) is 23.5 Å². The van der Waals surface area contributed by atoms with Gasteiger partial charge in [-0.15, -0.1) is 0 Å². The number of ether oxygens (including phenoxy) is 3. The van der Waals surface area contributed by atoms with Gasteiger partial charge in [-0.05, 0) is 67.8 Å². The summed E-state index contributed by atoms with van der Waals surface area (Å²) >= 11 is 0. The molecule has 200 valence electrons. The monoisotopic (exact) mass is 542 g/mol. The van der Waals surface area contributed by atoms with Gasteiger partial charge in [0.05, 0.1) is 26.2 Å². The van der Waals surface area contributed by atoms with E-state index in [0.717, 1.165) is 45.0 Å². The molecule has 0 N–H and O–H groups in total. The first-order chi connectivity index (χ1) is 18.7. The molecule has 2 aromatic carbocycles. The van der Waals surface area contributed by atoms with Gasteiger partial charge in [0.15, 0.2) is 17.1 Å². The van der Waals surface area contributed by atoms with E-state index in [4.69, 9.17) is 24.2 Å². The van der Waals surface area contributed by atoms with Crippen molar-refractivity contribution in [3.8, 4) is 28.4 Å². The van der Waals surface area contributed by atoms with Crippen molar-refractivity contribution in [1.29, 1.82) is 0 Å². The van der Waals surface area contributed by atoms with Gasteiger partial charge in [-0.2, -0.15) is 0 Å². The molecule has 8 nitrogen and oxygen atoms in total. The molecule has 0 saturated carbocycles. The van der Waals surface area contributed by atoms with Crippen LogP contribution in [0.3, 0.4) is 0 Å². The van der Waals surface area contributed by atoms with E-state index in [1.807, 2.05) is 73.8 Å². The van der Waals surface area contributed by atoms with Crippen LogP contribution in [0, 0.1) is 6.92 Å². The van der Waals surface area contributed by atoms with Crippen LogP contribution in [-0.4, -0.2) is 47.1 Å². The fourth-order valence-corrected chi connectivity index (χ4v) is 5.11. The lowest BCUT2D eigenvalue weighted by Gasteiger charge is -2.13. The number of hydrogen-bond acceptors (Lipinski definition) is 7. The van der Waals surface area contributed by atoms with Gasteiger partial charge in [0.25, 0.3) is 0 Å². The number of nitrogens with zero attached hydrogens (tertiary/aromatic N) is 4. The fraction of sp³-hybridized carbons (Fsp3) is 0.233. The summed E-state index contributed by atoms with van der Waals surface area (Å²) in [4.78, 5) is 13.9. The Morgan fingerprint density at radius 3 is 2.23 bits per heavy atom. The maximum absolute atomic E-state index is 12.3. The maximum Gasteiger partial charge on any atom is 0.161 e. The van der Waals surface area contributed by atoms with Crippen LogP contribution in [-0.2, 0) is 17.7 Å². The van der Waals surface area contributed by atoms with E-state index in [0.29, 0.717) is 30.1 Å². The SMILES string of the molecule is COc1ccc(COc2ccc(Cn3c(C)nc4cc(-c5ccc(P(C)(C)=O)nc5)cnc43)cc2OC)cc1. The summed E-state index contributed by atoms with van der Waals surface area (Å²) in [5, 5.41) is 0. The Labute approximate surface area is 228 Å². The largest absolute Gasteiger partial charge is 0.497 e. The number of aryl methyl sites for hydroxylation is 1. The van der Waals surface area contributed by atoms with Crippen molar-refractivity contribution in [3.05, 3.63) is 90.0 Å². The Hall–Kier alpha value is -4.16. The lowest BCUT2D eigenvalue weighted by Crippen LogP contribution is -2.07. The van der Waals surface area contributed by atoms with E-state index < -0.39 is 7.14 Å². The van der Waals surface area contributed by atoms with Crippen LogP contribution in [0.1, 0.15) is 17.0 Å². The molecule has 0 bridgehead atoms. The third-order valence-electron chi connectivity index (χ3n) is 6.53. The van der Waals surface area contributed by atoms with E-state index in [-0.39, 0.29) is 0 Å². The fourth-order valence-electron chi connectivity index (χ4n) is 4.34. The van der Waals surface area contributed by atoms with E-state index in [2.05, 4.69) is 9.55 Å². The molecule has 0 amide bonds. The van der Waals surface area contributed by atoms with Gasteiger partial charge in [-0.1, -0.05) is 24.3 Å². The van der Waals surface area contributed by atoms with Crippen LogP contribution in [0.2, 0.25) is 0 Å².